The molecule has 1 fully saturated rings. The van der Waals surface area contributed by atoms with E-state index in [1.807, 2.05) is 17.5 Å². The van der Waals surface area contributed by atoms with Crippen molar-refractivity contribution in [2.75, 3.05) is 18.5 Å². The maximum atomic E-state index is 13.4. The van der Waals surface area contributed by atoms with Crippen molar-refractivity contribution in [1.29, 1.82) is 0 Å². The van der Waals surface area contributed by atoms with Gasteiger partial charge in [-0.3, -0.25) is 29.4 Å². The van der Waals surface area contributed by atoms with E-state index in [0.717, 1.165) is 11.0 Å². The molecule has 0 aromatic heterocycles. The molecule has 1 saturated heterocycles. The van der Waals surface area contributed by atoms with Crippen molar-refractivity contribution in [3.63, 3.8) is 0 Å². The number of imide groups is 2. The van der Waals surface area contributed by atoms with Crippen molar-refractivity contribution in [2.24, 2.45) is 11.8 Å². The highest BCUT2D eigenvalue weighted by Crippen LogP contribution is 2.34. The normalized spacial score (nSPS) is 20.2. The number of nitrogens with zero attached hydrogens (tertiary/aromatic N) is 1. The van der Waals surface area contributed by atoms with Gasteiger partial charge < -0.3 is 10.1 Å². The summed E-state index contributed by atoms with van der Waals surface area (Å²) in [6.07, 6.45) is 4.54. The molecule has 0 saturated carbocycles. The number of carbonyl (C=O) groups excluding carboxylic acids is 5. The van der Waals surface area contributed by atoms with Crippen molar-refractivity contribution in [2.45, 2.75) is 12.8 Å². The molecule has 3 rings (SSSR count). The third kappa shape index (κ3) is 4.65. The Morgan fingerprint density at radius 3 is 2.31 bits per heavy atom. The Balaban J connectivity index is 1.44. The number of allylic oxidation sites excluding steroid dienone is 2. The Kier molecular flexibility index (Phi) is 6.01. The van der Waals surface area contributed by atoms with Crippen molar-refractivity contribution >= 4 is 35.4 Å². The number of rotatable bonds is 5. The summed E-state index contributed by atoms with van der Waals surface area (Å²) in [6, 6.07) is 4.36. The molecule has 9 nitrogen and oxygen atoms in total. The van der Waals surface area contributed by atoms with Gasteiger partial charge in [-0.05, 0) is 25.0 Å². The van der Waals surface area contributed by atoms with E-state index in [4.69, 9.17) is 4.74 Å². The Morgan fingerprint density at radius 2 is 1.69 bits per heavy atom. The van der Waals surface area contributed by atoms with Gasteiger partial charge in [0, 0.05) is 0 Å². The highest BCUT2D eigenvalue weighted by molar-refractivity contribution is 6.07. The Labute approximate surface area is 164 Å². The fourth-order valence-electron chi connectivity index (χ4n) is 3.22. The van der Waals surface area contributed by atoms with Crippen LogP contribution in [0.2, 0.25) is 0 Å². The summed E-state index contributed by atoms with van der Waals surface area (Å²) in [5, 5.41) is 4.01. The number of hydrogen-bond acceptors (Lipinski definition) is 6. The number of amides is 5. The molecule has 1 aliphatic carbocycles. The van der Waals surface area contributed by atoms with Crippen LogP contribution in [0.15, 0.2) is 36.4 Å². The van der Waals surface area contributed by atoms with Gasteiger partial charge >= 0.3 is 12.0 Å². The van der Waals surface area contributed by atoms with Crippen molar-refractivity contribution in [3.05, 3.63) is 42.2 Å². The highest BCUT2D eigenvalue weighted by Gasteiger charge is 2.47. The van der Waals surface area contributed by atoms with Gasteiger partial charge in [-0.25, -0.2) is 9.18 Å². The van der Waals surface area contributed by atoms with Gasteiger partial charge in [0.1, 0.15) is 12.4 Å². The summed E-state index contributed by atoms with van der Waals surface area (Å²) in [6.45, 7) is -1.40. The van der Waals surface area contributed by atoms with Gasteiger partial charge in [0.2, 0.25) is 11.8 Å². The number of likely N-dealkylation sites (tertiary alicyclic amines) is 1. The largest absolute Gasteiger partial charge is 0.454 e. The van der Waals surface area contributed by atoms with Crippen LogP contribution in [-0.2, 0) is 23.9 Å². The number of para-hydroxylation sites is 1. The fraction of sp³-hybridized carbons (Fsp3) is 0.316. The smallest absolute Gasteiger partial charge is 0.326 e. The summed E-state index contributed by atoms with van der Waals surface area (Å²) in [5.41, 5.74) is -0.128. The molecule has 152 valence electrons. The number of urea groups is 1. The van der Waals surface area contributed by atoms with Crippen LogP contribution in [0.3, 0.4) is 0 Å². The zero-order valence-corrected chi connectivity index (χ0v) is 15.2. The standard InChI is InChI=1S/C19H18FN3O6/c20-13-7-3-4-8-14(13)21-19(28)22-15(24)10-29-16(25)9-23-17(26)11-5-1-2-6-12(11)18(23)27/h1-4,7-8,11-12H,5-6,9-10H2,(H2,21,22,24,28)/t11-,12-/m1/s1. The second-order valence-corrected chi connectivity index (χ2v) is 6.56. The van der Waals surface area contributed by atoms with Crippen LogP contribution in [0, 0.1) is 17.7 Å². The lowest BCUT2D eigenvalue weighted by atomic mass is 9.85. The lowest BCUT2D eigenvalue weighted by molar-refractivity contribution is -0.154. The number of carbonyl (C=O) groups is 5. The quantitative estimate of drug-likeness (QED) is 0.429. The first-order valence-electron chi connectivity index (χ1n) is 8.88. The number of anilines is 1. The van der Waals surface area contributed by atoms with Gasteiger partial charge in [-0.2, -0.15) is 0 Å². The Bertz CT molecular complexity index is 874. The van der Waals surface area contributed by atoms with E-state index >= 15 is 0 Å². The number of hydrogen-bond donors (Lipinski definition) is 2. The molecule has 10 heteroatoms. The number of nitrogens with one attached hydrogen (secondary N) is 2. The minimum absolute atomic E-state index is 0.128. The van der Waals surface area contributed by atoms with E-state index in [0.29, 0.717) is 12.8 Å². The lowest BCUT2D eigenvalue weighted by Gasteiger charge is -2.14. The molecule has 0 spiro atoms. The fourth-order valence-corrected chi connectivity index (χ4v) is 3.22. The molecule has 1 heterocycles. The van der Waals surface area contributed by atoms with Crippen LogP contribution in [0.1, 0.15) is 12.8 Å². The molecular formula is C19H18FN3O6. The van der Waals surface area contributed by atoms with Crippen LogP contribution in [0.5, 0.6) is 0 Å². The molecule has 2 atom stereocenters. The van der Waals surface area contributed by atoms with E-state index in [2.05, 4.69) is 5.32 Å². The van der Waals surface area contributed by atoms with Crippen molar-refractivity contribution < 1.29 is 33.1 Å². The Morgan fingerprint density at radius 1 is 1.07 bits per heavy atom. The molecule has 29 heavy (non-hydrogen) atoms. The zero-order chi connectivity index (χ0) is 21.0. The topological polar surface area (TPSA) is 122 Å². The predicted molar refractivity (Wildman–Crippen MR) is 96.6 cm³/mol. The van der Waals surface area contributed by atoms with E-state index in [-0.39, 0.29) is 5.69 Å². The minimum Gasteiger partial charge on any atom is -0.454 e. The van der Waals surface area contributed by atoms with Crippen LogP contribution < -0.4 is 10.6 Å². The first-order valence-corrected chi connectivity index (χ1v) is 8.88. The van der Waals surface area contributed by atoms with E-state index in [1.54, 1.807) is 0 Å². The van der Waals surface area contributed by atoms with E-state index < -0.39 is 60.5 Å². The molecule has 0 radical (unpaired) electrons. The number of fused-ring (bicyclic) bond motifs is 1. The Hall–Kier alpha value is -3.56. The van der Waals surface area contributed by atoms with Crippen molar-refractivity contribution in [3.8, 4) is 0 Å². The number of ether oxygens (including phenoxy) is 1. The first kappa shape index (κ1) is 20.2. The van der Waals surface area contributed by atoms with Crippen LogP contribution in [0.25, 0.3) is 0 Å². The summed E-state index contributed by atoms with van der Waals surface area (Å²) in [5.74, 6) is -4.40. The van der Waals surface area contributed by atoms with E-state index in [9.17, 15) is 28.4 Å². The molecule has 0 bridgehead atoms. The predicted octanol–water partition coefficient (Wildman–Crippen LogP) is 0.968. The SMILES string of the molecule is O=C(COC(=O)CN1C(=O)[C@@H]2CC=CC[C@H]2C1=O)NC(=O)Nc1ccccc1F. The van der Waals surface area contributed by atoms with Crippen molar-refractivity contribution in [1.82, 2.24) is 10.2 Å². The summed E-state index contributed by atoms with van der Waals surface area (Å²) < 4.78 is 18.2. The maximum Gasteiger partial charge on any atom is 0.326 e. The monoisotopic (exact) mass is 403 g/mol. The molecule has 2 N–H and O–H groups in total. The first-order chi connectivity index (χ1) is 13.9. The molecule has 1 aliphatic heterocycles. The molecule has 0 unspecified atom stereocenters. The number of benzene rings is 1. The van der Waals surface area contributed by atoms with Gasteiger partial charge in [-0.15, -0.1) is 0 Å². The minimum atomic E-state index is -1.00. The van der Waals surface area contributed by atoms with Gasteiger partial charge in [0.05, 0.1) is 17.5 Å². The number of esters is 1. The zero-order valence-electron chi connectivity index (χ0n) is 15.2. The molecule has 1 aromatic carbocycles. The second-order valence-electron chi connectivity index (χ2n) is 6.56. The lowest BCUT2D eigenvalue weighted by Crippen LogP contribution is -2.40. The molecule has 2 aliphatic rings. The van der Waals surface area contributed by atoms with Crippen LogP contribution >= 0.6 is 0 Å². The summed E-state index contributed by atoms with van der Waals surface area (Å²) in [4.78, 5) is 60.7. The summed E-state index contributed by atoms with van der Waals surface area (Å²) in [7, 11) is 0. The second kappa shape index (κ2) is 8.63. The van der Waals surface area contributed by atoms with E-state index in [1.165, 1.54) is 18.2 Å². The third-order valence-electron chi connectivity index (χ3n) is 4.63. The average molecular weight is 403 g/mol. The molecule has 1 aromatic rings. The number of halogens is 1. The molecular weight excluding hydrogens is 385 g/mol. The summed E-state index contributed by atoms with van der Waals surface area (Å²) >= 11 is 0. The van der Waals surface area contributed by atoms with Crippen LogP contribution in [0.4, 0.5) is 14.9 Å². The van der Waals surface area contributed by atoms with Gasteiger partial charge in [-0.1, -0.05) is 24.3 Å². The van der Waals surface area contributed by atoms with Gasteiger partial charge in [0.15, 0.2) is 6.61 Å². The molecule has 5 amide bonds. The third-order valence-corrected chi connectivity index (χ3v) is 4.63. The highest BCUT2D eigenvalue weighted by atomic mass is 19.1. The maximum absolute atomic E-state index is 13.4. The van der Waals surface area contributed by atoms with Crippen LogP contribution in [-0.4, -0.2) is 47.8 Å². The van der Waals surface area contributed by atoms with Gasteiger partial charge in [0.25, 0.3) is 5.91 Å². The average Bonchev–Trinajstić information content (AvgIpc) is 2.93.